The lowest BCUT2D eigenvalue weighted by molar-refractivity contribution is 0.0600. The highest BCUT2D eigenvalue weighted by atomic mass is 32.1. The van der Waals surface area contributed by atoms with E-state index >= 15 is 0 Å². The first-order valence-corrected chi connectivity index (χ1v) is 11.6. The van der Waals surface area contributed by atoms with Gasteiger partial charge in [0, 0.05) is 23.5 Å². The zero-order chi connectivity index (χ0) is 26.7. The topological polar surface area (TPSA) is 137 Å². The van der Waals surface area contributed by atoms with Crippen LogP contribution < -0.4 is 25.7 Å². The number of carbonyl (C=O) groups excluding carboxylic acids is 3. The molecule has 2 N–H and O–H groups in total. The summed E-state index contributed by atoms with van der Waals surface area (Å²) in [5.41, 5.74) is 0.744. The molecule has 0 radical (unpaired) electrons. The first-order valence-electron chi connectivity index (χ1n) is 10.8. The summed E-state index contributed by atoms with van der Waals surface area (Å²) in [5.74, 6) is -1.02. The summed E-state index contributed by atoms with van der Waals surface area (Å²) in [6.45, 7) is 1.64. The van der Waals surface area contributed by atoms with Gasteiger partial charge in [-0.05, 0) is 43.3 Å². The van der Waals surface area contributed by atoms with E-state index in [0.717, 1.165) is 15.7 Å². The second-order valence-electron chi connectivity index (χ2n) is 7.68. The molecule has 4 aromatic rings. The van der Waals surface area contributed by atoms with E-state index in [1.54, 1.807) is 25.1 Å². The summed E-state index contributed by atoms with van der Waals surface area (Å²) in [6, 6.07) is 12.1. The van der Waals surface area contributed by atoms with Crippen molar-refractivity contribution in [2.24, 2.45) is 0 Å². The third-order valence-corrected chi connectivity index (χ3v) is 6.33. The average Bonchev–Trinajstić information content (AvgIpc) is 3.29. The number of amides is 2. The Morgan fingerprint density at radius 2 is 1.65 bits per heavy atom. The van der Waals surface area contributed by atoms with Crippen molar-refractivity contribution in [3.8, 4) is 11.5 Å². The lowest BCUT2D eigenvalue weighted by Gasteiger charge is -2.12. The fraction of sp³-hybridized carbons (Fsp3) is 0.160. The predicted molar refractivity (Wildman–Crippen MR) is 137 cm³/mol. The van der Waals surface area contributed by atoms with Gasteiger partial charge < -0.3 is 24.8 Å². The normalized spacial score (nSPS) is 10.6. The smallest absolute Gasteiger partial charge is 0.337 e. The number of fused-ring (bicyclic) bond motifs is 1. The molecule has 190 valence electrons. The van der Waals surface area contributed by atoms with Gasteiger partial charge in [0.2, 0.25) is 0 Å². The first kappa shape index (κ1) is 25.4. The molecule has 0 saturated carbocycles. The monoisotopic (exact) mass is 522 g/mol. The number of nitrogens with one attached hydrogen (secondary N) is 2. The highest BCUT2D eigenvalue weighted by Gasteiger charge is 2.27. The molecular formula is C25H22N4O7S. The van der Waals surface area contributed by atoms with E-state index in [1.807, 2.05) is 0 Å². The van der Waals surface area contributed by atoms with E-state index in [9.17, 15) is 19.2 Å². The summed E-state index contributed by atoms with van der Waals surface area (Å²) >= 11 is 0.900. The Morgan fingerprint density at radius 3 is 2.30 bits per heavy atom. The number of anilines is 2. The third-order valence-electron chi connectivity index (χ3n) is 5.29. The van der Waals surface area contributed by atoms with Crippen molar-refractivity contribution in [1.82, 2.24) is 9.38 Å². The molecule has 37 heavy (non-hydrogen) atoms. The van der Waals surface area contributed by atoms with Crippen molar-refractivity contribution in [3.05, 3.63) is 80.7 Å². The predicted octanol–water partition coefficient (Wildman–Crippen LogP) is 3.37. The molecule has 0 spiro atoms. The van der Waals surface area contributed by atoms with Crippen LogP contribution in [-0.2, 0) is 4.74 Å². The molecule has 11 nitrogen and oxygen atoms in total. The van der Waals surface area contributed by atoms with Crippen LogP contribution in [0.15, 0.2) is 53.3 Å². The van der Waals surface area contributed by atoms with E-state index in [4.69, 9.17) is 9.47 Å². The SMILES string of the molecule is COC(=O)c1ccc(NC(=O)c2sc3nc(C)cc(=O)n3c2C(=O)Nc2ccc(OC)cc2OC)cc1. The first-order chi connectivity index (χ1) is 17.7. The van der Waals surface area contributed by atoms with Gasteiger partial charge in [-0.15, -0.1) is 0 Å². The zero-order valence-corrected chi connectivity index (χ0v) is 21.1. The van der Waals surface area contributed by atoms with Gasteiger partial charge in [0.15, 0.2) is 4.96 Å². The van der Waals surface area contributed by atoms with Gasteiger partial charge in [0.05, 0.1) is 32.6 Å². The zero-order valence-electron chi connectivity index (χ0n) is 20.3. The number of rotatable bonds is 7. The van der Waals surface area contributed by atoms with Crippen molar-refractivity contribution >= 4 is 45.5 Å². The number of hydrogen-bond acceptors (Lipinski definition) is 9. The van der Waals surface area contributed by atoms with Crippen LogP contribution in [0.1, 0.15) is 36.2 Å². The van der Waals surface area contributed by atoms with Gasteiger partial charge >= 0.3 is 5.97 Å². The molecule has 0 bridgehead atoms. The molecule has 2 amide bonds. The lowest BCUT2D eigenvalue weighted by atomic mass is 10.2. The molecule has 0 aliphatic heterocycles. The van der Waals surface area contributed by atoms with Crippen LogP contribution >= 0.6 is 11.3 Å². The average molecular weight is 523 g/mol. The summed E-state index contributed by atoms with van der Waals surface area (Å²) in [4.78, 5) is 55.7. The van der Waals surface area contributed by atoms with E-state index in [0.29, 0.717) is 34.1 Å². The second-order valence-corrected chi connectivity index (χ2v) is 8.65. The Kier molecular flexibility index (Phi) is 7.20. The molecule has 0 aliphatic carbocycles. The number of esters is 1. The number of nitrogens with zero attached hydrogens (tertiary/aromatic N) is 2. The van der Waals surface area contributed by atoms with Crippen LogP contribution in [0.2, 0.25) is 0 Å². The number of aromatic nitrogens is 2. The Morgan fingerprint density at radius 1 is 0.919 bits per heavy atom. The van der Waals surface area contributed by atoms with E-state index in [2.05, 4.69) is 20.4 Å². The van der Waals surface area contributed by atoms with Gasteiger partial charge in [-0.3, -0.25) is 14.4 Å². The van der Waals surface area contributed by atoms with Crippen molar-refractivity contribution in [1.29, 1.82) is 0 Å². The van der Waals surface area contributed by atoms with Crippen LogP contribution in [-0.4, -0.2) is 48.5 Å². The highest BCUT2D eigenvalue weighted by molar-refractivity contribution is 7.19. The number of methoxy groups -OCH3 is 3. The van der Waals surface area contributed by atoms with Crippen LogP contribution in [0.4, 0.5) is 11.4 Å². The molecule has 0 fully saturated rings. The van der Waals surface area contributed by atoms with Crippen LogP contribution in [0.25, 0.3) is 4.96 Å². The Hall–Kier alpha value is -4.71. The number of aryl methyl sites for hydroxylation is 1. The van der Waals surface area contributed by atoms with E-state index in [1.165, 1.54) is 51.7 Å². The summed E-state index contributed by atoms with van der Waals surface area (Å²) in [7, 11) is 4.21. The number of carbonyl (C=O) groups is 3. The van der Waals surface area contributed by atoms with Crippen molar-refractivity contribution in [3.63, 3.8) is 0 Å². The molecule has 2 heterocycles. The molecule has 2 aromatic carbocycles. The Balaban J connectivity index is 1.74. The van der Waals surface area contributed by atoms with Crippen molar-refractivity contribution in [2.45, 2.75) is 6.92 Å². The maximum absolute atomic E-state index is 13.5. The van der Waals surface area contributed by atoms with Gasteiger partial charge in [0.1, 0.15) is 22.1 Å². The Labute approximate surface area is 214 Å². The van der Waals surface area contributed by atoms with Gasteiger partial charge in [-0.2, -0.15) is 0 Å². The minimum atomic E-state index is -0.714. The Bertz CT molecular complexity index is 1570. The molecule has 4 rings (SSSR count). The minimum absolute atomic E-state index is 0.0303. The lowest BCUT2D eigenvalue weighted by Crippen LogP contribution is -2.25. The fourth-order valence-electron chi connectivity index (χ4n) is 3.52. The van der Waals surface area contributed by atoms with Crippen LogP contribution in [0, 0.1) is 6.92 Å². The number of benzene rings is 2. The third kappa shape index (κ3) is 5.14. The van der Waals surface area contributed by atoms with Crippen LogP contribution in [0.5, 0.6) is 11.5 Å². The summed E-state index contributed by atoms with van der Waals surface area (Å²) < 4.78 is 16.3. The van der Waals surface area contributed by atoms with E-state index < -0.39 is 23.3 Å². The molecule has 2 aromatic heterocycles. The van der Waals surface area contributed by atoms with Gasteiger partial charge in [-0.25, -0.2) is 14.2 Å². The molecule has 0 unspecified atom stereocenters. The fourth-order valence-corrected chi connectivity index (χ4v) is 4.59. The number of ether oxygens (including phenoxy) is 3. The molecule has 12 heteroatoms. The largest absolute Gasteiger partial charge is 0.497 e. The summed E-state index contributed by atoms with van der Waals surface area (Å²) in [6.07, 6.45) is 0. The summed E-state index contributed by atoms with van der Waals surface area (Å²) in [5, 5.41) is 5.39. The maximum Gasteiger partial charge on any atom is 0.337 e. The van der Waals surface area contributed by atoms with E-state index in [-0.39, 0.29) is 15.5 Å². The second kappa shape index (κ2) is 10.5. The van der Waals surface area contributed by atoms with Crippen molar-refractivity contribution in [2.75, 3.05) is 32.0 Å². The maximum atomic E-state index is 13.5. The highest BCUT2D eigenvalue weighted by Crippen LogP contribution is 2.30. The molecular weight excluding hydrogens is 500 g/mol. The number of thiazole rings is 1. The van der Waals surface area contributed by atoms with Crippen molar-refractivity contribution < 1.29 is 28.6 Å². The molecule has 0 aliphatic rings. The van der Waals surface area contributed by atoms with Crippen LogP contribution in [0.3, 0.4) is 0 Å². The minimum Gasteiger partial charge on any atom is -0.497 e. The van der Waals surface area contributed by atoms with Gasteiger partial charge in [0.25, 0.3) is 17.4 Å². The standard InChI is InChI=1S/C25H22N4O7S/c1-13-11-19(30)29-20(22(31)28-17-10-9-16(34-2)12-18(17)35-3)21(37-25(29)26-13)23(32)27-15-7-5-14(6-8-15)24(33)36-4/h5-12H,1-4H3,(H,27,32)(H,28,31). The molecule has 0 atom stereocenters. The molecule has 0 saturated heterocycles. The van der Waals surface area contributed by atoms with Gasteiger partial charge in [-0.1, -0.05) is 11.3 Å². The number of hydrogen-bond donors (Lipinski definition) is 2. The quantitative estimate of drug-likeness (QED) is 0.353.